The molecule has 0 radical (unpaired) electrons. The predicted octanol–water partition coefficient (Wildman–Crippen LogP) is 5.15. The molecule has 3 rings (SSSR count). The lowest BCUT2D eigenvalue weighted by Gasteiger charge is -2.37. The molecule has 9 heteroatoms. The van der Waals surface area contributed by atoms with E-state index in [9.17, 15) is 23.3 Å². The van der Waals surface area contributed by atoms with Crippen molar-refractivity contribution in [3.63, 3.8) is 0 Å². The van der Waals surface area contributed by atoms with Crippen molar-refractivity contribution in [2.24, 2.45) is 5.92 Å². The molecule has 0 N–H and O–H groups in total. The van der Waals surface area contributed by atoms with Crippen LogP contribution in [0.2, 0.25) is 0 Å². The van der Waals surface area contributed by atoms with Crippen molar-refractivity contribution in [2.75, 3.05) is 26.7 Å². The molecule has 2 atom stereocenters. The van der Waals surface area contributed by atoms with Gasteiger partial charge in [-0.1, -0.05) is 18.2 Å². The van der Waals surface area contributed by atoms with E-state index in [-0.39, 0.29) is 42.3 Å². The van der Waals surface area contributed by atoms with Crippen molar-refractivity contribution in [2.45, 2.75) is 18.5 Å². The van der Waals surface area contributed by atoms with Crippen molar-refractivity contribution in [1.29, 1.82) is 0 Å². The molecular weight excluding hydrogens is 409 g/mol. The highest BCUT2D eigenvalue weighted by Gasteiger charge is 2.32. The van der Waals surface area contributed by atoms with Crippen molar-refractivity contribution in [3.05, 3.63) is 69.8 Å². The van der Waals surface area contributed by atoms with Gasteiger partial charge in [0.1, 0.15) is 5.75 Å². The SMILES string of the molecule is CN1CC[C@@H](c2ccc([N+](=O)[O-])cc2)[C@H](COc2cccc(C(F)(F)F)c2)C1.Cl. The van der Waals surface area contributed by atoms with Gasteiger partial charge in [0.05, 0.1) is 17.1 Å². The van der Waals surface area contributed by atoms with Crippen LogP contribution in [-0.2, 0) is 6.18 Å². The van der Waals surface area contributed by atoms with Crippen LogP contribution < -0.4 is 4.74 Å². The van der Waals surface area contributed by atoms with Crippen LogP contribution in [0, 0.1) is 16.0 Å². The van der Waals surface area contributed by atoms with E-state index in [4.69, 9.17) is 4.74 Å². The molecule has 0 bridgehead atoms. The third-order valence-corrected chi connectivity index (χ3v) is 5.09. The van der Waals surface area contributed by atoms with E-state index in [1.807, 2.05) is 7.05 Å². The number of nitrogens with zero attached hydrogens (tertiary/aromatic N) is 2. The average molecular weight is 431 g/mol. The van der Waals surface area contributed by atoms with Gasteiger partial charge in [0.15, 0.2) is 0 Å². The van der Waals surface area contributed by atoms with Crippen molar-refractivity contribution in [1.82, 2.24) is 4.90 Å². The quantitative estimate of drug-likeness (QED) is 0.486. The monoisotopic (exact) mass is 430 g/mol. The van der Waals surface area contributed by atoms with Gasteiger partial charge in [-0.25, -0.2) is 0 Å². The molecule has 0 saturated carbocycles. The summed E-state index contributed by atoms with van der Waals surface area (Å²) in [5.74, 6) is 0.378. The van der Waals surface area contributed by atoms with E-state index in [1.54, 1.807) is 12.1 Å². The molecule has 29 heavy (non-hydrogen) atoms. The minimum atomic E-state index is -4.41. The highest BCUT2D eigenvalue weighted by molar-refractivity contribution is 5.85. The molecule has 1 heterocycles. The van der Waals surface area contributed by atoms with Crippen molar-refractivity contribution >= 4 is 18.1 Å². The summed E-state index contributed by atoms with van der Waals surface area (Å²) in [6, 6.07) is 11.4. The van der Waals surface area contributed by atoms with E-state index in [2.05, 4.69) is 4.90 Å². The second-order valence-corrected chi connectivity index (χ2v) is 7.10. The second-order valence-electron chi connectivity index (χ2n) is 7.10. The first-order valence-corrected chi connectivity index (χ1v) is 8.97. The fourth-order valence-corrected chi connectivity index (χ4v) is 3.63. The van der Waals surface area contributed by atoms with Crippen LogP contribution in [0.3, 0.4) is 0 Å². The number of alkyl halides is 3. The lowest BCUT2D eigenvalue weighted by Crippen LogP contribution is -2.39. The predicted molar refractivity (Wildman–Crippen MR) is 106 cm³/mol. The van der Waals surface area contributed by atoms with Gasteiger partial charge in [-0.3, -0.25) is 10.1 Å². The topological polar surface area (TPSA) is 55.6 Å². The Morgan fingerprint density at radius 3 is 2.52 bits per heavy atom. The Labute approximate surface area is 173 Å². The largest absolute Gasteiger partial charge is 0.493 e. The number of ether oxygens (including phenoxy) is 1. The normalized spacial score (nSPS) is 20.0. The minimum Gasteiger partial charge on any atom is -0.493 e. The summed E-state index contributed by atoms with van der Waals surface area (Å²) >= 11 is 0. The number of rotatable bonds is 5. The first-order chi connectivity index (χ1) is 13.2. The summed E-state index contributed by atoms with van der Waals surface area (Å²) in [4.78, 5) is 12.6. The zero-order valence-electron chi connectivity index (χ0n) is 15.8. The fraction of sp³-hybridized carbons (Fsp3) is 0.400. The van der Waals surface area contributed by atoms with Gasteiger partial charge in [0, 0.05) is 24.6 Å². The molecule has 2 aromatic rings. The molecule has 0 aromatic heterocycles. The van der Waals surface area contributed by atoms with Crippen LogP contribution in [0.15, 0.2) is 48.5 Å². The number of non-ortho nitro benzene ring substituents is 1. The van der Waals surface area contributed by atoms with Gasteiger partial charge in [-0.05, 0) is 49.7 Å². The smallest absolute Gasteiger partial charge is 0.416 e. The zero-order chi connectivity index (χ0) is 20.3. The Bertz CT molecular complexity index is 830. The molecule has 0 aliphatic carbocycles. The highest BCUT2D eigenvalue weighted by Crippen LogP contribution is 2.35. The minimum absolute atomic E-state index is 0. The number of hydrogen-bond acceptors (Lipinski definition) is 4. The summed E-state index contributed by atoms with van der Waals surface area (Å²) in [5.41, 5.74) is 0.280. The van der Waals surface area contributed by atoms with Gasteiger partial charge in [-0.15, -0.1) is 12.4 Å². The van der Waals surface area contributed by atoms with Gasteiger partial charge < -0.3 is 9.64 Å². The summed E-state index contributed by atoms with van der Waals surface area (Å²) in [5, 5.41) is 10.9. The number of hydrogen-bond donors (Lipinski definition) is 0. The molecule has 0 spiro atoms. The lowest BCUT2D eigenvalue weighted by molar-refractivity contribution is -0.384. The van der Waals surface area contributed by atoms with E-state index >= 15 is 0 Å². The number of benzene rings is 2. The molecule has 158 valence electrons. The summed E-state index contributed by atoms with van der Waals surface area (Å²) < 4.78 is 44.3. The Balaban J connectivity index is 0.00000300. The zero-order valence-corrected chi connectivity index (χ0v) is 16.6. The van der Waals surface area contributed by atoms with E-state index in [0.29, 0.717) is 0 Å². The molecule has 0 amide bonds. The van der Waals surface area contributed by atoms with Gasteiger partial charge in [0.2, 0.25) is 0 Å². The van der Waals surface area contributed by atoms with Crippen molar-refractivity contribution in [3.8, 4) is 5.75 Å². The molecule has 1 aliphatic heterocycles. The van der Waals surface area contributed by atoms with Gasteiger partial charge in [-0.2, -0.15) is 13.2 Å². The first-order valence-electron chi connectivity index (χ1n) is 8.97. The van der Waals surface area contributed by atoms with Crippen LogP contribution >= 0.6 is 12.4 Å². The lowest BCUT2D eigenvalue weighted by atomic mass is 9.81. The maximum atomic E-state index is 12.9. The number of halogens is 4. The Hall–Kier alpha value is -2.32. The van der Waals surface area contributed by atoms with E-state index in [1.165, 1.54) is 24.3 Å². The van der Waals surface area contributed by atoms with Crippen LogP contribution in [0.25, 0.3) is 0 Å². The molecule has 1 fully saturated rings. The summed E-state index contributed by atoms with van der Waals surface area (Å²) in [7, 11) is 1.99. The Morgan fingerprint density at radius 2 is 1.90 bits per heavy atom. The highest BCUT2D eigenvalue weighted by atomic mass is 35.5. The van der Waals surface area contributed by atoms with Crippen LogP contribution in [0.5, 0.6) is 5.75 Å². The fourth-order valence-electron chi connectivity index (χ4n) is 3.63. The second kappa shape index (κ2) is 9.45. The van der Waals surface area contributed by atoms with Gasteiger partial charge in [0.25, 0.3) is 5.69 Å². The van der Waals surface area contributed by atoms with E-state index in [0.717, 1.165) is 37.2 Å². The maximum absolute atomic E-state index is 12.9. The van der Waals surface area contributed by atoms with Gasteiger partial charge >= 0.3 is 6.18 Å². The number of nitro benzene ring substituents is 1. The van der Waals surface area contributed by atoms with Crippen LogP contribution in [-0.4, -0.2) is 36.6 Å². The molecule has 1 aliphatic rings. The number of nitro groups is 1. The Kier molecular flexibility index (Phi) is 7.48. The maximum Gasteiger partial charge on any atom is 0.416 e. The average Bonchev–Trinajstić information content (AvgIpc) is 2.66. The van der Waals surface area contributed by atoms with Crippen LogP contribution in [0.4, 0.5) is 18.9 Å². The Morgan fingerprint density at radius 1 is 1.21 bits per heavy atom. The molecule has 1 saturated heterocycles. The third kappa shape index (κ3) is 5.83. The molecule has 0 unspecified atom stereocenters. The summed E-state index contributed by atoms with van der Waals surface area (Å²) in [6.07, 6.45) is -3.56. The molecule has 5 nitrogen and oxygen atoms in total. The number of piperidine rings is 1. The molecule has 2 aromatic carbocycles. The first kappa shape index (κ1) is 23.0. The molecular formula is C20H22ClF3N2O3. The standard InChI is InChI=1S/C20H21F3N2O3.ClH/c1-24-10-9-19(14-5-7-17(8-6-14)25(26)27)15(12-24)13-28-18-4-2-3-16(11-18)20(21,22)23;/h2-8,11,15,19H,9-10,12-13H2,1H3;1H/t15-,19-;/m0./s1. The van der Waals surface area contributed by atoms with E-state index < -0.39 is 16.7 Å². The number of likely N-dealkylation sites (tertiary alicyclic amines) is 1. The van der Waals surface area contributed by atoms with Crippen LogP contribution in [0.1, 0.15) is 23.5 Å². The third-order valence-electron chi connectivity index (χ3n) is 5.09. The van der Waals surface area contributed by atoms with Crippen molar-refractivity contribution < 1.29 is 22.8 Å². The summed E-state index contributed by atoms with van der Waals surface area (Å²) in [6.45, 7) is 1.88.